The zero-order valence-corrected chi connectivity index (χ0v) is 30.7. The number of alkyl halides is 9. The van der Waals surface area contributed by atoms with E-state index in [9.17, 15) is 39.5 Å². The number of hydrogen-bond donors (Lipinski definition) is 0. The van der Waals surface area contributed by atoms with E-state index in [-0.39, 0.29) is 22.5 Å². The number of rotatable bonds is 5. The first kappa shape index (κ1) is 49.0. The topological polar surface area (TPSA) is 203 Å². The van der Waals surface area contributed by atoms with Gasteiger partial charge in [0.1, 0.15) is 0 Å². The van der Waals surface area contributed by atoms with Crippen LogP contribution in [-0.2, 0) is 48.6 Å². The van der Waals surface area contributed by atoms with Gasteiger partial charge in [-0.25, -0.2) is 26.8 Å². The van der Waals surface area contributed by atoms with Crippen LogP contribution >= 0.6 is 0 Å². The van der Waals surface area contributed by atoms with Crippen LogP contribution in [0.25, 0.3) is 22.8 Å². The Labute approximate surface area is 323 Å². The molecule has 0 saturated heterocycles. The smallest absolute Gasteiger partial charge is 0.741 e. The van der Waals surface area contributed by atoms with Crippen LogP contribution in [0.4, 0.5) is 39.5 Å². The standard InChI is InChI=1S/C28H20F3N5.C2H3N.2CHF3O3S.Co/c1-27(26-18-19(14-17-34-26)28(29,30)31,24-12-6-10-22(35-24)20-8-2-4-15-32-20)25-13-7-11-23(36-25)21-9-3-5-16-33-21;1-2-3;2*2-1(3,4)8(5,6)7;/h2-18H,1H3;1H3;2*(H,5,6,7);/q;;;;+2/p-2. The van der Waals surface area contributed by atoms with Crippen LogP contribution < -0.4 is 0 Å². The van der Waals surface area contributed by atoms with E-state index in [1.54, 1.807) is 61.8 Å². The third-order valence-corrected chi connectivity index (χ3v) is 7.68. The number of halogens is 9. The van der Waals surface area contributed by atoms with Crippen LogP contribution in [0.5, 0.6) is 0 Å². The van der Waals surface area contributed by atoms with Crippen LogP contribution in [0.2, 0.25) is 0 Å². The summed E-state index contributed by atoms with van der Waals surface area (Å²) in [6.07, 6.45) is -0.0308. The molecule has 12 nitrogen and oxygen atoms in total. The van der Waals surface area contributed by atoms with Gasteiger partial charge >= 0.3 is 34.0 Å². The molecule has 301 valence electrons. The summed E-state index contributed by atoms with van der Waals surface area (Å²) in [4.78, 5) is 22.8. The first-order valence-electron chi connectivity index (χ1n) is 14.4. The maximum absolute atomic E-state index is 13.7. The van der Waals surface area contributed by atoms with Crippen molar-refractivity contribution >= 4 is 20.2 Å². The fraction of sp³-hybridized carbons (Fsp3) is 0.188. The van der Waals surface area contributed by atoms with Crippen molar-refractivity contribution in [1.29, 1.82) is 5.26 Å². The first-order valence-corrected chi connectivity index (χ1v) is 17.3. The minimum Gasteiger partial charge on any atom is -0.741 e. The van der Waals surface area contributed by atoms with Crippen LogP contribution in [0, 0.1) is 11.3 Å². The SMILES string of the molecule is CC#N.CC(c1cc(C(F)(F)F)ccn1)(c1cccc(-c2ccccn2)n1)c1cccc(-c2ccccn2)n1.O=S(=O)([O-])C(F)(F)F.O=S(=O)([O-])C(F)(F)F.[Co+2]. The second-order valence-electron chi connectivity index (χ2n) is 10.3. The monoisotopic (exact) mass is 881 g/mol. The van der Waals surface area contributed by atoms with E-state index in [1.165, 1.54) is 13.1 Å². The summed E-state index contributed by atoms with van der Waals surface area (Å²) < 4.78 is 159. The number of nitrogens with zero attached hydrogens (tertiary/aromatic N) is 6. The summed E-state index contributed by atoms with van der Waals surface area (Å²) in [6, 6.07) is 25.5. The summed E-state index contributed by atoms with van der Waals surface area (Å²) >= 11 is 0. The van der Waals surface area contributed by atoms with Crippen molar-refractivity contribution < 1.29 is 82.2 Å². The molecule has 0 fully saturated rings. The Hall–Kier alpha value is -5.06. The first-order chi connectivity index (χ1) is 25.3. The van der Waals surface area contributed by atoms with Crippen molar-refractivity contribution in [2.24, 2.45) is 0 Å². The summed E-state index contributed by atoms with van der Waals surface area (Å²) in [5.74, 6) is 0. The van der Waals surface area contributed by atoms with Crippen molar-refractivity contribution in [1.82, 2.24) is 24.9 Å². The molecule has 5 heterocycles. The van der Waals surface area contributed by atoms with Crippen molar-refractivity contribution in [3.05, 3.63) is 126 Å². The molecule has 24 heteroatoms. The van der Waals surface area contributed by atoms with Gasteiger partial charge in [-0.05, 0) is 67.6 Å². The largest absolute Gasteiger partial charge is 2.00 e. The van der Waals surface area contributed by atoms with Gasteiger partial charge in [-0.2, -0.15) is 44.8 Å². The predicted molar refractivity (Wildman–Crippen MR) is 173 cm³/mol. The maximum atomic E-state index is 13.7. The normalized spacial score (nSPS) is 11.8. The van der Waals surface area contributed by atoms with Gasteiger partial charge in [-0.3, -0.25) is 15.0 Å². The molecule has 5 aromatic heterocycles. The Kier molecular flexibility index (Phi) is 17.2. The molecule has 0 saturated carbocycles. The van der Waals surface area contributed by atoms with Crippen molar-refractivity contribution in [2.45, 2.75) is 36.5 Å². The Morgan fingerprint density at radius 3 is 1.23 bits per heavy atom. The third kappa shape index (κ3) is 13.6. The van der Waals surface area contributed by atoms with Crippen molar-refractivity contribution in [3.8, 4) is 28.8 Å². The van der Waals surface area contributed by atoms with Gasteiger partial charge in [-0.1, -0.05) is 24.3 Å². The Balaban J connectivity index is 0.000000652. The summed E-state index contributed by atoms with van der Waals surface area (Å²) in [7, 11) is -12.2. The van der Waals surface area contributed by atoms with Crippen molar-refractivity contribution in [2.75, 3.05) is 0 Å². The minimum atomic E-state index is -6.09. The zero-order valence-electron chi connectivity index (χ0n) is 28.0. The molecule has 5 aromatic rings. The van der Waals surface area contributed by atoms with E-state index >= 15 is 0 Å². The molecule has 0 spiro atoms. The third-order valence-electron chi connectivity index (χ3n) is 6.54. The Morgan fingerprint density at radius 2 is 0.929 bits per heavy atom. The molecule has 5 rings (SSSR count). The minimum absolute atomic E-state index is 0. The number of pyridine rings is 5. The molecular weight excluding hydrogens is 858 g/mol. The molecule has 0 amide bonds. The van der Waals surface area contributed by atoms with E-state index in [2.05, 4.69) is 15.0 Å². The molecule has 0 unspecified atom stereocenters. The van der Waals surface area contributed by atoms with E-state index in [4.69, 9.17) is 41.2 Å². The summed E-state index contributed by atoms with van der Waals surface area (Å²) in [5.41, 5.74) is -9.67. The molecule has 0 aliphatic heterocycles. The number of hydrogen-bond acceptors (Lipinski definition) is 12. The van der Waals surface area contributed by atoms with E-state index in [1.807, 2.05) is 36.4 Å². The average molecular weight is 882 g/mol. The van der Waals surface area contributed by atoms with Gasteiger partial charge in [-0.15, -0.1) is 0 Å². The fourth-order valence-corrected chi connectivity index (χ4v) is 4.01. The molecule has 0 N–H and O–H groups in total. The number of nitriles is 1. The van der Waals surface area contributed by atoms with E-state index in [0.717, 1.165) is 12.1 Å². The van der Waals surface area contributed by atoms with Gasteiger partial charge < -0.3 is 9.11 Å². The van der Waals surface area contributed by atoms with Crippen LogP contribution in [-0.4, -0.2) is 61.9 Å². The Morgan fingerprint density at radius 1 is 0.571 bits per heavy atom. The molecule has 1 radical (unpaired) electrons. The van der Waals surface area contributed by atoms with Crippen LogP contribution in [0.3, 0.4) is 0 Å². The molecule has 0 bridgehead atoms. The molecule has 0 aromatic carbocycles. The van der Waals surface area contributed by atoms with Gasteiger partial charge in [0.25, 0.3) is 0 Å². The molecule has 0 aliphatic carbocycles. The second kappa shape index (κ2) is 19.7. The van der Waals surface area contributed by atoms with E-state index in [0.29, 0.717) is 34.2 Å². The van der Waals surface area contributed by atoms with Gasteiger partial charge in [0, 0.05) is 25.5 Å². The van der Waals surface area contributed by atoms with Crippen LogP contribution in [0.1, 0.15) is 36.5 Å². The van der Waals surface area contributed by atoms with Crippen LogP contribution in [0.15, 0.2) is 104 Å². The quantitative estimate of drug-likeness (QED) is 0.0995. The maximum Gasteiger partial charge on any atom is 2.00 e. The summed E-state index contributed by atoms with van der Waals surface area (Å²) in [5, 5.41) is 7.32. The number of aromatic nitrogens is 5. The summed E-state index contributed by atoms with van der Waals surface area (Å²) in [6.45, 7) is 3.21. The second-order valence-corrected chi connectivity index (χ2v) is 13.1. The fourth-order valence-electron chi connectivity index (χ4n) is 4.01. The molecule has 0 aliphatic rings. The van der Waals surface area contributed by atoms with Gasteiger partial charge in [0.15, 0.2) is 20.2 Å². The van der Waals surface area contributed by atoms with Gasteiger partial charge in [0.2, 0.25) is 0 Å². The molecule has 56 heavy (non-hydrogen) atoms. The van der Waals surface area contributed by atoms with Gasteiger partial charge in [0.05, 0.1) is 56.9 Å². The zero-order chi connectivity index (χ0) is 41.9. The van der Waals surface area contributed by atoms with Crippen molar-refractivity contribution in [3.63, 3.8) is 0 Å². The molecule has 0 atom stereocenters. The molecular formula is C32H23CoF9N6O6S2. The predicted octanol–water partition coefficient (Wildman–Crippen LogP) is 7.00. The average Bonchev–Trinajstić information content (AvgIpc) is 3.11. The van der Waals surface area contributed by atoms with E-state index < -0.39 is 48.4 Å². The Bertz CT molecular complexity index is 2170.